The molecule has 0 fully saturated rings. The first-order chi connectivity index (χ1) is 8.11. The maximum Gasteiger partial charge on any atom is 0.161 e. The zero-order valence-corrected chi connectivity index (χ0v) is 10.5. The van der Waals surface area contributed by atoms with E-state index >= 15 is 0 Å². The second-order valence-corrected chi connectivity index (χ2v) is 4.26. The summed E-state index contributed by atoms with van der Waals surface area (Å²) < 4.78 is 5.08. The van der Waals surface area contributed by atoms with Crippen molar-refractivity contribution in [3.05, 3.63) is 47.0 Å². The van der Waals surface area contributed by atoms with E-state index in [0.717, 1.165) is 21.7 Å². The van der Waals surface area contributed by atoms with E-state index in [1.54, 1.807) is 12.1 Å². The number of benzene rings is 2. The summed E-state index contributed by atoms with van der Waals surface area (Å²) in [6, 6.07) is 11.1. The maximum atomic E-state index is 9.53. The number of halogens is 1. The van der Waals surface area contributed by atoms with E-state index in [0.29, 0.717) is 5.75 Å². The minimum Gasteiger partial charge on any atom is -0.504 e. The molecule has 0 heterocycles. The fourth-order valence-corrected chi connectivity index (χ4v) is 1.81. The molecule has 3 heteroatoms. The Morgan fingerprint density at radius 2 is 1.71 bits per heavy atom. The molecule has 17 heavy (non-hydrogen) atoms. The molecule has 2 aromatic carbocycles. The van der Waals surface area contributed by atoms with Gasteiger partial charge in [-0.05, 0) is 41.8 Å². The summed E-state index contributed by atoms with van der Waals surface area (Å²) in [6.45, 7) is 1.96. The first-order valence-electron chi connectivity index (χ1n) is 5.25. The number of phenolic OH excluding ortho intramolecular Hbond substituents is 1. The van der Waals surface area contributed by atoms with Gasteiger partial charge in [0.25, 0.3) is 0 Å². The van der Waals surface area contributed by atoms with Crippen molar-refractivity contribution in [2.75, 3.05) is 7.11 Å². The number of methoxy groups -OCH3 is 1. The molecule has 0 atom stereocenters. The molecule has 1 N–H and O–H groups in total. The van der Waals surface area contributed by atoms with Crippen molar-refractivity contribution in [2.45, 2.75) is 6.92 Å². The highest BCUT2D eigenvalue weighted by molar-refractivity contribution is 6.31. The van der Waals surface area contributed by atoms with Gasteiger partial charge in [0.15, 0.2) is 11.5 Å². The topological polar surface area (TPSA) is 29.5 Å². The largest absolute Gasteiger partial charge is 0.504 e. The number of hydrogen-bond acceptors (Lipinski definition) is 2. The average Bonchev–Trinajstić information content (AvgIpc) is 2.33. The molecule has 2 aromatic rings. The van der Waals surface area contributed by atoms with Crippen molar-refractivity contribution < 1.29 is 9.84 Å². The Kier molecular flexibility index (Phi) is 3.25. The van der Waals surface area contributed by atoms with Gasteiger partial charge in [0, 0.05) is 5.02 Å². The van der Waals surface area contributed by atoms with Gasteiger partial charge in [0.1, 0.15) is 0 Å². The monoisotopic (exact) mass is 248 g/mol. The van der Waals surface area contributed by atoms with Gasteiger partial charge in [0.2, 0.25) is 0 Å². The van der Waals surface area contributed by atoms with Crippen molar-refractivity contribution in [3.63, 3.8) is 0 Å². The van der Waals surface area contributed by atoms with Crippen LogP contribution >= 0.6 is 11.6 Å². The van der Waals surface area contributed by atoms with Crippen LogP contribution in [-0.2, 0) is 0 Å². The minimum atomic E-state index is 0.134. The zero-order valence-electron chi connectivity index (χ0n) is 9.70. The van der Waals surface area contributed by atoms with E-state index in [2.05, 4.69) is 0 Å². The van der Waals surface area contributed by atoms with E-state index in [1.165, 1.54) is 7.11 Å². The van der Waals surface area contributed by atoms with Crippen LogP contribution in [0.2, 0.25) is 5.02 Å². The van der Waals surface area contributed by atoms with Crippen molar-refractivity contribution in [2.24, 2.45) is 0 Å². The normalized spacial score (nSPS) is 10.3. The fourth-order valence-electron chi connectivity index (χ4n) is 1.63. The van der Waals surface area contributed by atoms with E-state index < -0.39 is 0 Å². The number of hydrogen-bond donors (Lipinski definition) is 1. The number of aromatic hydroxyl groups is 1. The predicted octanol–water partition coefficient (Wildman–Crippen LogP) is 4.03. The third-order valence-electron chi connectivity index (χ3n) is 2.68. The molecule has 88 valence electrons. The number of phenols is 1. The van der Waals surface area contributed by atoms with Gasteiger partial charge in [-0.15, -0.1) is 0 Å². The van der Waals surface area contributed by atoms with Crippen molar-refractivity contribution in [1.82, 2.24) is 0 Å². The summed E-state index contributed by atoms with van der Waals surface area (Å²) in [5.41, 5.74) is 3.00. The van der Waals surface area contributed by atoms with Crippen LogP contribution in [0.5, 0.6) is 11.5 Å². The Morgan fingerprint density at radius 1 is 1.06 bits per heavy atom. The quantitative estimate of drug-likeness (QED) is 0.870. The Balaban J connectivity index is 2.49. The van der Waals surface area contributed by atoms with E-state index in [1.807, 2.05) is 31.2 Å². The van der Waals surface area contributed by atoms with Crippen LogP contribution in [0, 0.1) is 6.92 Å². The predicted molar refractivity (Wildman–Crippen MR) is 69.8 cm³/mol. The van der Waals surface area contributed by atoms with Crippen molar-refractivity contribution in [1.29, 1.82) is 0 Å². The number of aryl methyl sites for hydroxylation is 1. The second kappa shape index (κ2) is 4.68. The highest BCUT2D eigenvalue weighted by Crippen LogP contribution is 2.32. The van der Waals surface area contributed by atoms with Crippen LogP contribution in [0.25, 0.3) is 11.1 Å². The Bertz CT molecular complexity index is 550. The lowest BCUT2D eigenvalue weighted by Crippen LogP contribution is -1.86. The lowest BCUT2D eigenvalue weighted by atomic mass is 10.0. The summed E-state index contributed by atoms with van der Waals surface area (Å²) in [7, 11) is 1.53. The first kappa shape index (κ1) is 11.8. The Labute approximate surface area is 105 Å². The lowest BCUT2D eigenvalue weighted by Gasteiger charge is -2.08. The van der Waals surface area contributed by atoms with E-state index in [9.17, 15) is 5.11 Å². The molecule has 0 bridgehead atoms. The van der Waals surface area contributed by atoms with Gasteiger partial charge >= 0.3 is 0 Å². The average molecular weight is 249 g/mol. The molecule has 0 aliphatic carbocycles. The van der Waals surface area contributed by atoms with Crippen LogP contribution in [0.15, 0.2) is 36.4 Å². The molecule has 0 saturated carbocycles. The molecule has 0 spiro atoms. The summed E-state index contributed by atoms with van der Waals surface area (Å²) in [5, 5.41) is 10.3. The molecule has 2 rings (SSSR count). The molecule has 0 radical (unpaired) electrons. The Morgan fingerprint density at radius 3 is 2.35 bits per heavy atom. The maximum absolute atomic E-state index is 9.53. The fraction of sp³-hybridized carbons (Fsp3) is 0.143. The van der Waals surface area contributed by atoms with Crippen LogP contribution in [0.4, 0.5) is 0 Å². The molecular weight excluding hydrogens is 236 g/mol. The summed E-state index contributed by atoms with van der Waals surface area (Å²) >= 11 is 6.09. The summed E-state index contributed by atoms with van der Waals surface area (Å²) in [6.07, 6.45) is 0. The SMILES string of the molecule is COc1cc(-c2ccc(C)c(Cl)c2)ccc1O. The van der Waals surface area contributed by atoms with Gasteiger partial charge in [-0.1, -0.05) is 29.8 Å². The van der Waals surface area contributed by atoms with Gasteiger partial charge < -0.3 is 9.84 Å². The third-order valence-corrected chi connectivity index (χ3v) is 3.09. The van der Waals surface area contributed by atoms with Crippen LogP contribution < -0.4 is 4.74 Å². The minimum absolute atomic E-state index is 0.134. The third kappa shape index (κ3) is 2.37. The Hall–Kier alpha value is -1.67. The number of rotatable bonds is 2. The standard InChI is InChI=1S/C14H13ClO2/c1-9-3-4-10(7-12(9)15)11-5-6-13(16)14(8-11)17-2/h3-8,16H,1-2H3. The molecular formula is C14H13ClO2. The van der Waals surface area contributed by atoms with Gasteiger partial charge in [0.05, 0.1) is 7.11 Å². The van der Waals surface area contributed by atoms with E-state index in [4.69, 9.17) is 16.3 Å². The van der Waals surface area contributed by atoms with Gasteiger partial charge in [-0.2, -0.15) is 0 Å². The highest BCUT2D eigenvalue weighted by atomic mass is 35.5. The molecule has 0 aliphatic heterocycles. The highest BCUT2D eigenvalue weighted by Gasteiger charge is 2.05. The molecule has 2 nitrogen and oxygen atoms in total. The number of ether oxygens (including phenoxy) is 1. The molecule has 0 amide bonds. The molecule has 0 saturated heterocycles. The van der Waals surface area contributed by atoms with Crippen molar-refractivity contribution in [3.8, 4) is 22.6 Å². The second-order valence-electron chi connectivity index (χ2n) is 3.85. The van der Waals surface area contributed by atoms with Crippen molar-refractivity contribution >= 4 is 11.6 Å². The molecule has 0 aromatic heterocycles. The van der Waals surface area contributed by atoms with Crippen LogP contribution in [0.3, 0.4) is 0 Å². The molecule has 0 unspecified atom stereocenters. The van der Waals surface area contributed by atoms with Gasteiger partial charge in [-0.25, -0.2) is 0 Å². The zero-order chi connectivity index (χ0) is 12.4. The van der Waals surface area contributed by atoms with Crippen LogP contribution in [-0.4, -0.2) is 12.2 Å². The lowest BCUT2D eigenvalue weighted by molar-refractivity contribution is 0.373. The summed E-state index contributed by atoms with van der Waals surface area (Å²) in [4.78, 5) is 0. The first-order valence-corrected chi connectivity index (χ1v) is 5.63. The summed E-state index contributed by atoms with van der Waals surface area (Å²) in [5.74, 6) is 0.591. The molecule has 0 aliphatic rings. The van der Waals surface area contributed by atoms with Crippen LogP contribution in [0.1, 0.15) is 5.56 Å². The van der Waals surface area contributed by atoms with Gasteiger partial charge in [-0.3, -0.25) is 0 Å². The van der Waals surface area contributed by atoms with E-state index in [-0.39, 0.29) is 5.75 Å². The smallest absolute Gasteiger partial charge is 0.161 e.